The number of halogens is 2. The highest BCUT2D eigenvalue weighted by atomic mass is 19.1. The highest BCUT2D eigenvalue weighted by Crippen LogP contribution is 2.51. The van der Waals surface area contributed by atoms with Gasteiger partial charge in [-0.3, -0.25) is 4.79 Å². The number of rotatable bonds is 10. The number of hydrogen-bond donors (Lipinski definition) is 0. The summed E-state index contributed by atoms with van der Waals surface area (Å²) in [5.41, 5.74) is 3.46. The molecule has 3 aromatic carbocycles. The number of carbonyl (C=O) groups is 1. The average Bonchev–Trinajstić information content (AvgIpc) is 3.28. The van der Waals surface area contributed by atoms with E-state index in [1.807, 2.05) is 37.3 Å². The van der Waals surface area contributed by atoms with Crippen LogP contribution in [-0.4, -0.2) is 26.8 Å². The zero-order valence-corrected chi connectivity index (χ0v) is 23.5. The summed E-state index contributed by atoms with van der Waals surface area (Å²) in [6, 6.07) is 15.6. The molecule has 1 saturated carbocycles. The van der Waals surface area contributed by atoms with Crippen LogP contribution in [0.4, 0.5) is 8.78 Å². The highest BCUT2D eigenvalue weighted by Gasteiger charge is 2.37. The first-order valence-corrected chi connectivity index (χ1v) is 13.6. The molecule has 2 atom stereocenters. The molecule has 1 aliphatic carbocycles. The first-order valence-electron chi connectivity index (χ1n) is 13.6. The molecule has 0 bridgehead atoms. The van der Waals surface area contributed by atoms with Gasteiger partial charge in [-0.2, -0.15) is 0 Å². The number of carbonyl (C=O) groups excluding carboxylic acids is 1. The maximum atomic E-state index is 15.5. The van der Waals surface area contributed by atoms with Crippen LogP contribution >= 0.6 is 0 Å². The molecule has 0 radical (unpaired) electrons. The Bertz CT molecular complexity index is 1320. The molecule has 0 amide bonds. The molecule has 4 nitrogen and oxygen atoms in total. The Hall–Kier alpha value is -3.41. The fraction of sp³-hybridized carbons (Fsp3) is 0.424. The lowest BCUT2D eigenvalue weighted by molar-refractivity contribution is -0.140. The molecule has 39 heavy (non-hydrogen) atoms. The molecule has 1 fully saturated rings. The van der Waals surface area contributed by atoms with Crippen LogP contribution in [0.15, 0.2) is 54.6 Å². The summed E-state index contributed by atoms with van der Waals surface area (Å²) in [7, 11) is 2.92. The Morgan fingerprint density at radius 3 is 2.49 bits per heavy atom. The maximum absolute atomic E-state index is 15.5. The normalized spacial score (nSPS) is 17.1. The van der Waals surface area contributed by atoms with Gasteiger partial charge in [0.05, 0.1) is 27.2 Å². The smallest absolute Gasteiger partial charge is 0.306 e. The Kier molecular flexibility index (Phi) is 8.94. The van der Waals surface area contributed by atoms with Crippen LogP contribution in [0.25, 0.3) is 11.1 Å². The number of benzene rings is 3. The lowest BCUT2D eigenvalue weighted by Gasteiger charge is -2.30. The standard InChI is InChI=1S/C33H38F2O4/c1-21(16-32(36)38-5)22-8-6-9-25(17-22)39-15-13-23-18-27(29-10-7-14-33(29,2)3)26(20-31(23)35)28-19-24(37-4)11-12-30(28)34/h6,8-9,11-12,17-21,29H,7,10,13-16H2,1-5H3/t21?,29-/m1/s1. The lowest BCUT2D eigenvalue weighted by atomic mass is 9.75. The van der Waals surface area contributed by atoms with E-state index < -0.39 is 5.82 Å². The van der Waals surface area contributed by atoms with E-state index in [2.05, 4.69) is 13.8 Å². The minimum atomic E-state index is -0.398. The van der Waals surface area contributed by atoms with Crippen LogP contribution < -0.4 is 9.47 Å². The molecule has 1 unspecified atom stereocenters. The van der Waals surface area contributed by atoms with Crippen molar-refractivity contribution in [3.8, 4) is 22.6 Å². The Morgan fingerprint density at radius 1 is 1.00 bits per heavy atom. The van der Waals surface area contributed by atoms with Gasteiger partial charge in [-0.1, -0.05) is 45.4 Å². The quantitative estimate of drug-likeness (QED) is 0.245. The van der Waals surface area contributed by atoms with E-state index in [9.17, 15) is 4.79 Å². The Morgan fingerprint density at radius 2 is 1.79 bits per heavy atom. The summed E-state index contributed by atoms with van der Waals surface area (Å²) < 4.78 is 46.6. The van der Waals surface area contributed by atoms with Crippen LogP contribution in [0.2, 0.25) is 0 Å². The number of esters is 1. The molecule has 0 saturated heterocycles. The molecule has 0 aromatic heterocycles. The predicted molar refractivity (Wildman–Crippen MR) is 149 cm³/mol. The van der Waals surface area contributed by atoms with E-state index in [1.54, 1.807) is 12.1 Å². The Labute approximate surface area is 230 Å². The van der Waals surface area contributed by atoms with Gasteiger partial charge < -0.3 is 14.2 Å². The average molecular weight is 537 g/mol. The van der Waals surface area contributed by atoms with Gasteiger partial charge in [0.15, 0.2) is 0 Å². The molecule has 0 heterocycles. The summed E-state index contributed by atoms with van der Waals surface area (Å²) in [5, 5.41) is 0. The van der Waals surface area contributed by atoms with E-state index >= 15 is 8.78 Å². The van der Waals surface area contributed by atoms with E-state index in [4.69, 9.17) is 14.2 Å². The summed E-state index contributed by atoms with van der Waals surface area (Å²) >= 11 is 0. The second-order valence-electron chi connectivity index (χ2n) is 11.2. The maximum Gasteiger partial charge on any atom is 0.306 e. The molecule has 6 heteroatoms. The van der Waals surface area contributed by atoms with Gasteiger partial charge in [0, 0.05) is 12.0 Å². The van der Waals surface area contributed by atoms with Gasteiger partial charge >= 0.3 is 5.97 Å². The molecule has 208 valence electrons. The topological polar surface area (TPSA) is 44.8 Å². The first kappa shape index (κ1) is 28.6. The SMILES string of the molecule is COC(=O)CC(C)c1cccc(OCCc2cc([C@H]3CCCC3(C)C)c(-c3cc(OC)ccc3F)cc2F)c1. The minimum absolute atomic E-state index is 0.0136. The monoisotopic (exact) mass is 536 g/mol. The zero-order chi connectivity index (χ0) is 28.2. The molecule has 4 rings (SSSR count). The second-order valence-corrected chi connectivity index (χ2v) is 11.2. The zero-order valence-electron chi connectivity index (χ0n) is 23.5. The third-order valence-electron chi connectivity index (χ3n) is 8.08. The summed E-state index contributed by atoms with van der Waals surface area (Å²) in [5.74, 6) is 0.329. The van der Waals surface area contributed by atoms with Crippen molar-refractivity contribution in [3.63, 3.8) is 0 Å². The van der Waals surface area contributed by atoms with E-state index in [1.165, 1.54) is 26.4 Å². The summed E-state index contributed by atoms with van der Waals surface area (Å²) in [6.07, 6.45) is 3.78. The van der Waals surface area contributed by atoms with E-state index in [0.29, 0.717) is 34.6 Å². The fourth-order valence-corrected chi connectivity index (χ4v) is 5.73. The van der Waals surface area contributed by atoms with Gasteiger partial charge in [0.2, 0.25) is 0 Å². The summed E-state index contributed by atoms with van der Waals surface area (Å²) in [6.45, 7) is 6.71. The number of methoxy groups -OCH3 is 2. The third kappa shape index (κ3) is 6.60. The first-order chi connectivity index (χ1) is 18.6. The number of ether oxygens (including phenoxy) is 3. The van der Waals surface area contributed by atoms with Crippen molar-refractivity contribution in [2.45, 2.75) is 64.7 Å². The van der Waals surface area contributed by atoms with Gasteiger partial charge in [0.1, 0.15) is 23.1 Å². The van der Waals surface area contributed by atoms with E-state index in [-0.39, 0.29) is 42.1 Å². The molecule has 1 aliphatic rings. The van der Waals surface area contributed by atoms with Gasteiger partial charge in [-0.15, -0.1) is 0 Å². The van der Waals surface area contributed by atoms with Gasteiger partial charge in [-0.25, -0.2) is 8.78 Å². The molecule has 0 spiro atoms. The van der Waals surface area contributed by atoms with Gasteiger partial charge in [0.25, 0.3) is 0 Å². The van der Waals surface area contributed by atoms with Crippen LogP contribution in [0.5, 0.6) is 11.5 Å². The van der Waals surface area contributed by atoms with Crippen molar-refractivity contribution in [1.29, 1.82) is 0 Å². The van der Waals surface area contributed by atoms with Crippen LogP contribution in [0, 0.1) is 17.0 Å². The van der Waals surface area contributed by atoms with Crippen molar-refractivity contribution in [2.24, 2.45) is 5.41 Å². The van der Waals surface area contributed by atoms with E-state index in [0.717, 1.165) is 30.4 Å². The van der Waals surface area contributed by atoms with Crippen molar-refractivity contribution in [2.75, 3.05) is 20.8 Å². The van der Waals surface area contributed by atoms with Crippen LogP contribution in [0.3, 0.4) is 0 Å². The molecule has 3 aromatic rings. The lowest BCUT2D eigenvalue weighted by Crippen LogP contribution is -2.17. The largest absolute Gasteiger partial charge is 0.497 e. The van der Waals surface area contributed by atoms with Crippen molar-refractivity contribution in [1.82, 2.24) is 0 Å². The van der Waals surface area contributed by atoms with Crippen LogP contribution in [0.1, 0.15) is 75.0 Å². The fourth-order valence-electron chi connectivity index (χ4n) is 5.73. The van der Waals surface area contributed by atoms with Crippen molar-refractivity contribution >= 4 is 5.97 Å². The number of hydrogen-bond acceptors (Lipinski definition) is 4. The minimum Gasteiger partial charge on any atom is -0.497 e. The summed E-state index contributed by atoms with van der Waals surface area (Å²) in [4.78, 5) is 11.7. The molecular formula is C33H38F2O4. The highest BCUT2D eigenvalue weighted by molar-refractivity contribution is 5.71. The second kappa shape index (κ2) is 12.2. The van der Waals surface area contributed by atoms with Crippen molar-refractivity contribution < 1.29 is 27.8 Å². The van der Waals surface area contributed by atoms with Gasteiger partial charge in [-0.05, 0) is 88.7 Å². The van der Waals surface area contributed by atoms with Crippen molar-refractivity contribution in [3.05, 3.63) is 82.9 Å². The van der Waals surface area contributed by atoms with Crippen LogP contribution in [-0.2, 0) is 16.0 Å². The predicted octanol–water partition coefficient (Wildman–Crippen LogP) is 8.22. The Balaban J connectivity index is 1.59. The third-order valence-corrected chi connectivity index (χ3v) is 8.08. The molecule has 0 N–H and O–H groups in total. The molecular weight excluding hydrogens is 498 g/mol. The molecule has 0 aliphatic heterocycles.